The van der Waals surface area contributed by atoms with Gasteiger partial charge in [-0.25, -0.2) is 4.90 Å². The first kappa shape index (κ1) is 20.9. The molecule has 3 aromatic carbocycles. The van der Waals surface area contributed by atoms with Gasteiger partial charge in [-0.05, 0) is 60.7 Å². The van der Waals surface area contributed by atoms with E-state index in [0.717, 1.165) is 27.1 Å². The highest BCUT2D eigenvalue weighted by Gasteiger charge is 2.36. The minimum atomic E-state index is -0.443. The number of nitro benzene ring substituents is 1. The number of nitro groups is 1. The molecule has 3 aromatic rings. The predicted octanol–water partition coefficient (Wildman–Crippen LogP) is 6.30. The highest BCUT2D eigenvalue weighted by molar-refractivity contribution is 8.19. The van der Waals surface area contributed by atoms with Crippen LogP contribution in [0.3, 0.4) is 0 Å². The van der Waals surface area contributed by atoms with Gasteiger partial charge in [-0.2, -0.15) is 0 Å². The number of rotatable bonds is 5. The molecule has 0 radical (unpaired) electrons. The predicted molar refractivity (Wildman–Crippen MR) is 123 cm³/mol. The second kappa shape index (κ2) is 8.79. The molecule has 31 heavy (non-hydrogen) atoms. The normalized spacial score (nSPS) is 15.0. The zero-order valence-corrected chi connectivity index (χ0v) is 18.0. The molecule has 8 heteroatoms. The van der Waals surface area contributed by atoms with Crippen molar-refractivity contribution in [2.45, 2.75) is 16.7 Å². The first-order valence-electron chi connectivity index (χ1n) is 9.28. The van der Waals surface area contributed by atoms with Crippen molar-refractivity contribution in [2.24, 2.45) is 0 Å². The molecule has 1 fully saturated rings. The maximum atomic E-state index is 12.8. The minimum absolute atomic E-state index is 0.0541. The number of benzene rings is 3. The molecule has 6 nitrogen and oxygen atoms in total. The molecular weight excluding hydrogens is 432 g/mol. The third-order valence-electron chi connectivity index (χ3n) is 4.53. The summed E-state index contributed by atoms with van der Waals surface area (Å²) in [4.78, 5) is 39.0. The van der Waals surface area contributed by atoms with Gasteiger partial charge in [0.1, 0.15) is 0 Å². The van der Waals surface area contributed by atoms with E-state index in [0.29, 0.717) is 16.1 Å². The highest BCUT2D eigenvalue weighted by atomic mass is 32.2. The zero-order valence-electron chi connectivity index (χ0n) is 16.3. The fourth-order valence-electron chi connectivity index (χ4n) is 3.01. The molecule has 0 saturated carbocycles. The Kier molecular flexibility index (Phi) is 5.92. The number of hydrogen-bond donors (Lipinski definition) is 0. The van der Waals surface area contributed by atoms with Crippen LogP contribution in [0.1, 0.15) is 11.1 Å². The van der Waals surface area contributed by atoms with Crippen LogP contribution in [0.5, 0.6) is 0 Å². The molecular formula is C23H16N2O4S2. The molecule has 2 amide bonds. The Hall–Kier alpha value is -3.36. The van der Waals surface area contributed by atoms with Crippen LogP contribution >= 0.6 is 23.5 Å². The Morgan fingerprint density at radius 1 is 1.00 bits per heavy atom. The zero-order chi connectivity index (χ0) is 22.0. The van der Waals surface area contributed by atoms with Crippen molar-refractivity contribution < 1.29 is 14.5 Å². The summed E-state index contributed by atoms with van der Waals surface area (Å²) in [6.07, 6.45) is 1.52. The van der Waals surface area contributed by atoms with Crippen molar-refractivity contribution >= 4 is 52.1 Å². The molecule has 1 aliphatic heterocycles. The molecule has 1 aliphatic rings. The smallest absolute Gasteiger partial charge is 0.268 e. The molecule has 0 aromatic heterocycles. The summed E-state index contributed by atoms with van der Waals surface area (Å²) in [5.74, 6) is -0.443. The lowest BCUT2D eigenvalue weighted by molar-refractivity contribution is -0.387. The lowest BCUT2D eigenvalue weighted by Gasteiger charge is -2.11. The van der Waals surface area contributed by atoms with Gasteiger partial charge in [0.2, 0.25) is 0 Å². The minimum Gasteiger partial charge on any atom is -0.268 e. The van der Waals surface area contributed by atoms with Crippen molar-refractivity contribution in [3.05, 3.63) is 98.9 Å². The van der Waals surface area contributed by atoms with Gasteiger partial charge in [0, 0.05) is 11.0 Å². The number of para-hydroxylation sites is 1. The van der Waals surface area contributed by atoms with E-state index < -0.39 is 16.1 Å². The maximum absolute atomic E-state index is 12.8. The van der Waals surface area contributed by atoms with Crippen LogP contribution in [-0.4, -0.2) is 16.1 Å². The third kappa shape index (κ3) is 4.55. The molecule has 0 aliphatic carbocycles. The van der Waals surface area contributed by atoms with Gasteiger partial charge in [-0.1, -0.05) is 53.7 Å². The largest absolute Gasteiger partial charge is 0.298 e. The summed E-state index contributed by atoms with van der Waals surface area (Å²) >= 11 is 2.12. The van der Waals surface area contributed by atoms with E-state index in [-0.39, 0.29) is 10.6 Å². The number of amides is 2. The summed E-state index contributed by atoms with van der Waals surface area (Å²) in [6.45, 7) is 1.98. The van der Waals surface area contributed by atoms with Gasteiger partial charge in [-0.15, -0.1) is 0 Å². The number of carbonyl (C=O) groups is 2. The lowest BCUT2D eigenvalue weighted by Crippen LogP contribution is -2.27. The van der Waals surface area contributed by atoms with Crippen molar-refractivity contribution in [3.63, 3.8) is 0 Å². The van der Waals surface area contributed by atoms with E-state index in [1.165, 1.54) is 23.9 Å². The van der Waals surface area contributed by atoms with E-state index >= 15 is 0 Å². The number of thioether (sulfide) groups is 1. The summed E-state index contributed by atoms with van der Waals surface area (Å²) < 4.78 is 0. The summed E-state index contributed by atoms with van der Waals surface area (Å²) in [5.41, 5.74) is 2.03. The van der Waals surface area contributed by atoms with Crippen molar-refractivity contribution in [3.8, 4) is 0 Å². The van der Waals surface area contributed by atoms with E-state index in [1.54, 1.807) is 42.5 Å². The quantitative estimate of drug-likeness (QED) is 0.259. The third-order valence-corrected chi connectivity index (χ3v) is 6.48. The van der Waals surface area contributed by atoms with E-state index in [4.69, 9.17) is 0 Å². The van der Waals surface area contributed by atoms with Crippen LogP contribution in [-0.2, 0) is 4.79 Å². The first-order valence-corrected chi connectivity index (χ1v) is 10.9. The molecule has 1 saturated heterocycles. The summed E-state index contributed by atoms with van der Waals surface area (Å²) in [6, 6.07) is 21.2. The Morgan fingerprint density at radius 3 is 2.39 bits per heavy atom. The number of hydrogen-bond acceptors (Lipinski definition) is 6. The Balaban J connectivity index is 1.63. The van der Waals surface area contributed by atoms with Gasteiger partial charge in [0.05, 0.1) is 20.4 Å². The average Bonchev–Trinajstić information content (AvgIpc) is 3.04. The number of aryl methyl sites for hydroxylation is 1. The molecule has 154 valence electrons. The monoisotopic (exact) mass is 448 g/mol. The van der Waals surface area contributed by atoms with Crippen LogP contribution in [0.25, 0.3) is 6.08 Å². The lowest BCUT2D eigenvalue weighted by atomic mass is 10.2. The van der Waals surface area contributed by atoms with Crippen molar-refractivity contribution in [2.75, 3.05) is 4.90 Å². The molecule has 0 N–H and O–H groups in total. The summed E-state index contributed by atoms with van der Waals surface area (Å²) in [7, 11) is 0. The van der Waals surface area contributed by atoms with Crippen LogP contribution in [0.15, 0.2) is 87.5 Å². The van der Waals surface area contributed by atoms with Gasteiger partial charge >= 0.3 is 0 Å². The highest BCUT2D eigenvalue weighted by Crippen LogP contribution is 2.38. The number of imide groups is 1. The second-order valence-electron chi connectivity index (χ2n) is 6.75. The standard InChI is InChI=1S/C23H16N2O4S2/c1-15-7-10-18(11-8-15)30-20-12-9-16(13-19(20)25(28)29)14-21-22(26)24(23(27)31-21)17-5-3-2-4-6-17/h2-14H,1H3. The van der Waals surface area contributed by atoms with Crippen LogP contribution < -0.4 is 4.90 Å². The number of carbonyl (C=O) groups excluding carboxylic acids is 2. The molecule has 1 heterocycles. The number of anilines is 1. The molecule has 0 unspecified atom stereocenters. The van der Waals surface area contributed by atoms with E-state index in [1.807, 2.05) is 31.2 Å². The van der Waals surface area contributed by atoms with Gasteiger partial charge < -0.3 is 0 Å². The van der Waals surface area contributed by atoms with E-state index in [2.05, 4.69) is 0 Å². The fourth-order valence-corrected chi connectivity index (χ4v) is 4.75. The summed E-state index contributed by atoms with van der Waals surface area (Å²) in [5, 5.41) is 11.2. The Labute approximate surface area is 187 Å². The van der Waals surface area contributed by atoms with Crippen molar-refractivity contribution in [1.82, 2.24) is 0 Å². The van der Waals surface area contributed by atoms with Crippen LogP contribution in [0.4, 0.5) is 16.2 Å². The van der Waals surface area contributed by atoms with E-state index in [9.17, 15) is 19.7 Å². The van der Waals surface area contributed by atoms with Gasteiger partial charge in [0.25, 0.3) is 16.8 Å². The molecule has 0 bridgehead atoms. The second-order valence-corrected chi connectivity index (χ2v) is 8.86. The Bertz CT molecular complexity index is 1210. The molecule has 0 atom stereocenters. The van der Waals surface area contributed by atoms with Crippen molar-refractivity contribution in [1.29, 1.82) is 0 Å². The molecule has 4 rings (SSSR count). The van der Waals surface area contributed by atoms with Gasteiger partial charge in [0.15, 0.2) is 0 Å². The van der Waals surface area contributed by atoms with Gasteiger partial charge in [-0.3, -0.25) is 19.7 Å². The topological polar surface area (TPSA) is 80.5 Å². The number of nitrogens with zero attached hydrogens (tertiary/aromatic N) is 2. The molecule has 0 spiro atoms. The Morgan fingerprint density at radius 2 is 1.71 bits per heavy atom. The maximum Gasteiger partial charge on any atom is 0.298 e. The van der Waals surface area contributed by atoms with Crippen LogP contribution in [0, 0.1) is 17.0 Å². The average molecular weight is 449 g/mol. The fraction of sp³-hybridized carbons (Fsp3) is 0.0435. The first-order chi connectivity index (χ1) is 14.9. The SMILES string of the molecule is Cc1ccc(Sc2ccc(C=C3SC(=O)N(c4ccccc4)C3=O)cc2[N+](=O)[O-])cc1. The van der Waals surface area contributed by atoms with Crippen LogP contribution in [0.2, 0.25) is 0 Å².